The second kappa shape index (κ2) is 9.97. The Hall–Kier alpha value is -1.85. The first-order valence-electron chi connectivity index (χ1n) is 7.44. The van der Waals surface area contributed by atoms with Crippen molar-refractivity contribution < 1.29 is 28.6 Å². The summed E-state index contributed by atoms with van der Waals surface area (Å²) in [5.41, 5.74) is -0.470. The minimum absolute atomic E-state index is 0.0107. The molecule has 6 heteroatoms. The lowest BCUT2D eigenvalue weighted by molar-refractivity contribution is -0.160. The normalized spacial score (nSPS) is 10.7. The van der Waals surface area contributed by atoms with Crippen LogP contribution in [0.2, 0.25) is 0 Å². The molecule has 0 heterocycles. The zero-order valence-corrected chi connectivity index (χ0v) is 13.9. The van der Waals surface area contributed by atoms with Gasteiger partial charge >= 0.3 is 17.9 Å². The van der Waals surface area contributed by atoms with E-state index in [4.69, 9.17) is 14.2 Å². The summed E-state index contributed by atoms with van der Waals surface area (Å²) in [6.45, 7) is 10.3. The number of ether oxygens (including phenoxy) is 3. The fourth-order valence-corrected chi connectivity index (χ4v) is 1.44. The van der Waals surface area contributed by atoms with Crippen LogP contribution in [0.5, 0.6) is 0 Å². The summed E-state index contributed by atoms with van der Waals surface area (Å²) >= 11 is 0. The summed E-state index contributed by atoms with van der Waals surface area (Å²) in [5, 5.41) is 0. The molecule has 0 saturated carbocycles. The van der Waals surface area contributed by atoms with Gasteiger partial charge < -0.3 is 14.2 Å². The first-order valence-corrected chi connectivity index (χ1v) is 7.44. The highest BCUT2D eigenvalue weighted by Crippen LogP contribution is 2.25. The summed E-state index contributed by atoms with van der Waals surface area (Å²) in [6.07, 6.45) is 1.02. The van der Waals surface area contributed by atoms with Gasteiger partial charge in [-0.05, 0) is 13.3 Å². The van der Waals surface area contributed by atoms with Crippen molar-refractivity contribution in [1.82, 2.24) is 0 Å². The van der Waals surface area contributed by atoms with Gasteiger partial charge in [-0.15, -0.1) is 0 Å². The Morgan fingerprint density at radius 3 is 1.59 bits per heavy atom. The van der Waals surface area contributed by atoms with Crippen LogP contribution in [0.1, 0.15) is 47.0 Å². The predicted octanol–water partition coefficient (Wildman–Crippen LogP) is 2.41. The second-order valence-electron chi connectivity index (χ2n) is 5.24. The third-order valence-electron chi connectivity index (χ3n) is 3.26. The summed E-state index contributed by atoms with van der Waals surface area (Å²) in [6, 6.07) is 0. The van der Waals surface area contributed by atoms with Gasteiger partial charge in [-0.1, -0.05) is 27.4 Å². The quantitative estimate of drug-likeness (QED) is 0.350. The molecule has 0 aromatic rings. The molecular weight excluding hydrogens is 288 g/mol. The maximum absolute atomic E-state index is 11.6. The van der Waals surface area contributed by atoms with E-state index in [0.29, 0.717) is 6.42 Å². The van der Waals surface area contributed by atoms with Crippen molar-refractivity contribution in [1.29, 1.82) is 0 Å². The highest BCUT2D eigenvalue weighted by molar-refractivity contribution is 5.86. The maximum Gasteiger partial charge on any atom is 0.333 e. The number of hydrogen-bond acceptors (Lipinski definition) is 6. The molecule has 0 aromatic heterocycles. The molecule has 0 saturated heterocycles. The van der Waals surface area contributed by atoms with Crippen LogP contribution >= 0.6 is 0 Å². The average Bonchev–Trinajstić information content (AvgIpc) is 2.53. The molecule has 0 N–H and O–H groups in total. The molecule has 22 heavy (non-hydrogen) atoms. The van der Waals surface area contributed by atoms with Crippen molar-refractivity contribution in [2.45, 2.75) is 47.0 Å². The molecule has 0 amide bonds. The van der Waals surface area contributed by atoms with Crippen LogP contribution in [0.15, 0.2) is 12.2 Å². The van der Waals surface area contributed by atoms with Crippen molar-refractivity contribution in [3.8, 4) is 0 Å². The second-order valence-corrected chi connectivity index (χ2v) is 5.24. The first kappa shape index (κ1) is 20.1. The fraction of sp³-hybridized carbons (Fsp3) is 0.688. The SMILES string of the molecule is C=C(C)C(=O)OCC(CC)(COC(=O)CC)COC(=O)CC. The Kier molecular flexibility index (Phi) is 9.13. The molecule has 0 aromatic carbocycles. The number of carbonyl (C=O) groups is 3. The maximum atomic E-state index is 11.6. The summed E-state index contributed by atoms with van der Waals surface area (Å²) < 4.78 is 15.5. The molecule has 6 nitrogen and oxygen atoms in total. The highest BCUT2D eigenvalue weighted by atomic mass is 16.6. The van der Waals surface area contributed by atoms with Crippen molar-refractivity contribution in [2.75, 3.05) is 19.8 Å². The lowest BCUT2D eigenvalue weighted by Crippen LogP contribution is -2.39. The van der Waals surface area contributed by atoms with Crippen molar-refractivity contribution >= 4 is 17.9 Å². The van der Waals surface area contributed by atoms with Crippen LogP contribution in [-0.2, 0) is 28.6 Å². The predicted molar refractivity (Wildman–Crippen MR) is 81.0 cm³/mol. The topological polar surface area (TPSA) is 78.9 Å². The van der Waals surface area contributed by atoms with Crippen LogP contribution < -0.4 is 0 Å². The number of esters is 3. The minimum atomic E-state index is -0.749. The molecule has 0 fully saturated rings. The van der Waals surface area contributed by atoms with Gasteiger partial charge in [-0.3, -0.25) is 9.59 Å². The van der Waals surface area contributed by atoms with Crippen molar-refractivity contribution in [3.05, 3.63) is 12.2 Å². The van der Waals surface area contributed by atoms with Gasteiger partial charge in [0, 0.05) is 18.4 Å². The van der Waals surface area contributed by atoms with Crippen LogP contribution in [0, 0.1) is 5.41 Å². The monoisotopic (exact) mass is 314 g/mol. The van der Waals surface area contributed by atoms with E-state index in [2.05, 4.69) is 6.58 Å². The van der Waals surface area contributed by atoms with Gasteiger partial charge in [-0.25, -0.2) is 4.79 Å². The molecule has 0 bridgehead atoms. The molecular formula is C16H26O6. The number of hydrogen-bond donors (Lipinski definition) is 0. The van der Waals surface area contributed by atoms with Gasteiger partial charge in [0.2, 0.25) is 0 Å². The Labute approximate surface area is 131 Å². The third kappa shape index (κ3) is 7.24. The molecule has 0 aliphatic carbocycles. The summed E-state index contributed by atoms with van der Waals surface area (Å²) in [5.74, 6) is -1.24. The van der Waals surface area contributed by atoms with E-state index in [-0.39, 0.29) is 50.2 Å². The Balaban J connectivity index is 4.88. The van der Waals surface area contributed by atoms with Crippen LogP contribution in [0.4, 0.5) is 0 Å². The van der Waals surface area contributed by atoms with Gasteiger partial charge in [-0.2, -0.15) is 0 Å². The first-order chi connectivity index (χ1) is 10.3. The van der Waals surface area contributed by atoms with E-state index >= 15 is 0 Å². The average molecular weight is 314 g/mol. The lowest BCUT2D eigenvalue weighted by atomic mass is 9.88. The van der Waals surface area contributed by atoms with Gasteiger partial charge in [0.1, 0.15) is 19.8 Å². The van der Waals surface area contributed by atoms with Gasteiger partial charge in [0.15, 0.2) is 0 Å². The van der Waals surface area contributed by atoms with E-state index in [1.54, 1.807) is 20.8 Å². The molecule has 0 atom stereocenters. The van der Waals surface area contributed by atoms with E-state index < -0.39 is 11.4 Å². The highest BCUT2D eigenvalue weighted by Gasteiger charge is 2.34. The zero-order chi connectivity index (χ0) is 17.2. The van der Waals surface area contributed by atoms with Crippen LogP contribution in [0.3, 0.4) is 0 Å². The van der Waals surface area contributed by atoms with Crippen molar-refractivity contribution in [3.63, 3.8) is 0 Å². The van der Waals surface area contributed by atoms with E-state index in [1.165, 1.54) is 0 Å². The van der Waals surface area contributed by atoms with Crippen LogP contribution in [0.25, 0.3) is 0 Å². The molecule has 0 rings (SSSR count). The molecule has 0 spiro atoms. The Bertz CT molecular complexity index is 393. The Morgan fingerprint density at radius 2 is 1.27 bits per heavy atom. The number of carbonyl (C=O) groups excluding carboxylic acids is 3. The Morgan fingerprint density at radius 1 is 0.864 bits per heavy atom. The van der Waals surface area contributed by atoms with E-state index in [1.807, 2.05) is 6.92 Å². The molecule has 126 valence electrons. The smallest absolute Gasteiger partial charge is 0.333 e. The zero-order valence-electron chi connectivity index (χ0n) is 13.9. The summed E-state index contributed by atoms with van der Waals surface area (Å²) in [4.78, 5) is 34.3. The molecule has 0 unspecified atom stereocenters. The van der Waals surface area contributed by atoms with Crippen molar-refractivity contribution in [2.24, 2.45) is 5.41 Å². The molecule has 0 aliphatic rings. The molecule has 0 aliphatic heterocycles. The van der Waals surface area contributed by atoms with E-state index in [0.717, 1.165) is 0 Å². The standard InChI is InChI=1S/C16H26O6/c1-6-13(17)20-9-16(8-3,10-21-14(18)7-2)11-22-15(19)12(4)5/h4,6-11H2,1-3,5H3. The third-order valence-corrected chi connectivity index (χ3v) is 3.26. The minimum Gasteiger partial charge on any atom is -0.465 e. The van der Waals surface area contributed by atoms with Gasteiger partial charge in [0.05, 0.1) is 5.41 Å². The largest absolute Gasteiger partial charge is 0.465 e. The lowest BCUT2D eigenvalue weighted by Gasteiger charge is -2.31. The summed E-state index contributed by atoms with van der Waals surface area (Å²) in [7, 11) is 0. The number of rotatable bonds is 10. The van der Waals surface area contributed by atoms with Crippen LogP contribution in [-0.4, -0.2) is 37.7 Å². The van der Waals surface area contributed by atoms with E-state index in [9.17, 15) is 14.4 Å². The molecule has 0 radical (unpaired) electrons. The fourth-order valence-electron chi connectivity index (χ4n) is 1.44. The van der Waals surface area contributed by atoms with Gasteiger partial charge in [0.25, 0.3) is 0 Å².